The summed E-state index contributed by atoms with van der Waals surface area (Å²) in [5.41, 5.74) is 1.99. The van der Waals surface area contributed by atoms with Crippen LogP contribution >= 0.6 is 12.2 Å². The topological polar surface area (TPSA) is 58.5 Å². The number of hydrogen-bond acceptors (Lipinski definition) is 4. The van der Waals surface area contributed by atoms with Crippen molar-refractivity contribution in [1.82, 2.24) is 20.2 Å². The van der Waals surface area contributed by atoms with E-state index in [9.17, 15) is 0 Å². The Balaban J connectivity index is 2.29. The summed E-state index contributed by atoms with van der Waals surface area (Å²) in [5.74, 6) is 0. The molecule has 0 atom stereocenters. The molecule has 2 N–H and O–H groups in total. The van der Waals surface area contributed by atoms with Crippen molar-refractivity contribution < 1.29 is 0 Å². The molecule has 2 rings (SSSR count). The third kappa shape index (κ3) is 2.27. The molecule has 1 aromatic carbocycles. The standard InChI is InChI=1S/C10H13N5S/c1-2-6-11-8-4-3-5-9(7-8)15-10(16)12-13-14-15/h3-5,7,11H,2,6H2,1H3,(H,12,14,16). The van der Waals surface area contributed by atoms with E-state index in [1.54, 1.807) is 4.68 Å². The molecule has 16 heavy (non-hydrogen) atoms. The average Bonchev–Trinajstić information content (AvgIpc) is 2.73. The maximum Gasteiger partial charge on any atom is 0.242 e. The van der Waals surface area contributed by atoms with E-state index >= 15 is 0 Å². The fraction of sp³-hybridized carbons (Fsp3) is 0.300. The fourth-order valence-electron chi connectivity index (χ4n) is 1.39. The minimum absolute atomic E-state index is 0.424. The van der Waals surface area contributed by atoms with Crippen LogP contribution in [0.5, 0.6) is 0 Å². The molecule has 0 radical (unpaired) electrons. The number of nitrogens with one attached hydrogen (secondary N) is 2. The molecule has 0 aliphatic carbocycles. The van der Waals surface area contributed by atoms with Crippen LogP contribution in [0.4, 0.5) is 5.69 Å². The van der Waals surface area contributed by atoms with Gasteiger partial charge in [-0.3, -0.25) is 0 Å². The van der Waals surface area contributed by atoms with Gasteiger partial charge in [-0.15, -0.1) is 0 Å². The molecule has 0 saturated heterocycles. The summed E-state index contributed by atoms with van der Waals surface area (Å²) in [6, 6.07) is 7.95. The minimum atomic E-state index is 0.424. The normalized spacial score (nSPS) is 10.3. The van der Waals surface area contributed by atoms with Crippen molar-refractivity contribution in [2.75, 3.05) is 11.9 Å². The van der Waals surface area contributed by atoms with Gasteiger partial charge >= 0.3 is 0 Å². The van der Waals surface area contributed by atoms with E-state index < -0.39 is 0 Å². The minimum Gasteiger partial charge on any atom is -0.385 e. The third-order valence-electron chi connectivity index (χ3n) is 2.16. The van der Waals surface area contributed by atoms with Crippen LogP contribution in [0.1, 0.15) is 13.3 Å². The lowest BCUT2D eigenvalue weighted by molar-refractivity contribution is 0.786. The van der Waals surface area contributed by atoms with Gasteiger partial charge in [0, 0.05) is 12.2 Å². The largest absolute Gasteiger partial charge is 0.385 e. The summed E-state index contributed by atoms with van der Waals surface area (Å²) in [6.07, 6.45) is 1.09. The zero-order valence-electron chi connectivity index (χ0n) is 8.97. The number of benzene rings is 1. The predicted molar refractivity (Wildman–Crippen MR) is 65.3 cm³/mol. The van der Waals surface area contributed by atoms with E-state index in [0.717, 1.165) is 24.3 Å². The maximum absolute atomic E-state index is 5.04. The highest BCUT2D eigenvalue weighted by molar-refractivity contribution is 7.71. The number of aromatic nitrogens is 4. The Hall–Kier alpha value is -1.69. The smallest absolute Gasteiger partial charge is 0.242 e. The maximum atomic E-state index is 5.04. The zero-order chi connectivity index (χ0) is 11.4. The lowest BCUT2D eigenvalue weighted by atomic mass is 10.2. The van der Waals surface area contributed by atoms with Crippen molar-refractivity contribution in [3.63, 3.8) is 0 Å². The molecule has 1 aromatic heterocycles. The van der Waals surface area contributed by atoms with Crippen LogP contribution in [-0.4, -0.2) is 26.8 Å². The second kappa shape index (κ2) is 4.89. The molecule has 84 valence electrons. The van der Waals surface area contributed by atoms with Gasteiger partial charge in [0.1, 0.15) is 0 Å². The van der Waals surface area contributed by atoms with Gasteiger partial charge in [-0.05, 0) is 36.8 Å². The zero-order valence-corrected chi connectivity index (χ0v) is 9.79. The van der Waals surface area contributed by atoms with Crippen molar-refractivity contribution >= 4 is 17.9 Å². The van der Waals surface area contributed by atoms with Crippen LogP contribution < -0.4 is 5.32 Å². The van der Waals surface area contributed by atoms with Crippen LogP contribution in [0.2, 0.25) is 0 Å². The number of rotatable bonds is 4. The fourth-order valence-corrected chi connectivity index (χ4v) is 1.58. The van der Waals surface area contributed by atoms with Gasteiger partial charge in [-0.25, -0.2) is 4.68 Å². The first-order valence-electron chi connectivity index (χ1n) is 5.15. The van der Waals surface area contributed by atoms with Crippen molar-refractivity contribution in [1.29, 1.82) is 0 Å². The Labute approximate surface area is 98.5 Å². The Morgan fingerprint density at radius 2 is 2.38 bits per heavy atom. The van der Waals surface area contributed by atoms with Crippen molar-refractivity contribution in [3.05, 3.63) is 29.0 Å². The van der Waals surface area contributed by atoms with Crippen LogP contribution in [-0.2, 0) is 0 Å². The van der Waals surface area contributed by atoms with Crippen LogP contribution in [0, 0.1) is 4.77 Å². The molecule has 2 aromatic rings. The molecule has 5 nitrogen and oxygen atoms in total. The number of H-pyrrole nitrogens is 1. The first-order valence-corrected chi connectivity index (χ1v) is 5.56. The molecule has 0 spiro atoms. The monoisotopic (exact) mass is 235 g/mol. The number of hydrogen-bond donors (Lipinski definition) is 2. The molecule has 0 saturated carbocycles. The summed E-state index contributed by atoms with van der Waals surface area (Å²) in [4.78, 5) is 0. The second-order valence-corrected chi connectivity index (χ2v) is 3.76. The van der Waals surface area contributed by atoms with Crippen LogP contribution in [0.3, 0.4) is 0 Å². The summed E-state index contributed by atoms with van der Waals surface area (Å²) in [5, 5.41) is 13.4. The van der Waals surface area contributed by atoms with Crippen LogP contribution in [0.15, 0.2) is 24.3 Å². The van der Waals surface area contributed by atoms with Crippen molar-refractivity contribution in [2.24, 2.45) is 0 Å². The highest BCUT2D eigenvalue weighted by Crippen LogP contribution is 2.13. The van der Waals surface area contributed by atoms with E-state index in [1.165, 1.54) is 0 Å². The SMILES string of the molecule is CCCNc1cccc(-n2[nH]nnc2=S)c1. The van der Waals surface area contributed by atoms with E-state index in [1.807, 2.05) is 24.3 Å². The predicted octanol–water partition coefficient (Wildman–Crippen LogP) is 2.15. The molecule has 1 heterocycles. The first kappa shape index (κ1) is 10.8. The third-order valence-corrected chi connectivity index (χ3v) is 2.42. The highest BCUT2D eigenvalue weighted by atomic mass is 32.1. The average molecular weight is 235 g/mol. The van der Waals surface area contributed by atoms with Crippen molar-refractivity contribution in [3.8, 4) is 5.69 Å². The van der Waals surface area contributed by atoms with E-state index in [-0.39, 0.29) is 0 Å². The summed E-state index contributed by atoms with van der Waals surface area (Å²) < 4.78 is 2.08. The summed E-state index contributed by atoms with van der Waals surface area (Å²) in [6.45, 7) is 3.09. The quantitative estimate of drug-likeness (QED) is 0.797. The summed E-state index contributed by atoms with van der Waals surface area (Å²) >= 11 is 5.04. The van der Waals surface area contributed by atoms with Crippen molar-refractivity contribution in [2.45, 2.75) is 13.3 Å². The van der Waals surface area contributed by atoms with Gasteiger partial charge in [0.25, 0.3) is 0 Å². The Morgan fingerprint density at radius 1 is 1.50 bits per heavy atom. The van der Waals surface area contributed by atoms with Gasteiger partial charge in [0.15, 0.2) is 0 Å². The molecule has 0 aliphatic heterocycles. The van der Waals surface area contributed by atoms with E-state index in [0.29, 0.717) is 4.77 Å². The lowest BCUT2D eigenvalue weighted by Gasteiger charge is -2.06. The van der Waals surface area contributed by atoms with E-state index in [2.05, 4.69) is 27.8 Å². The number of anilines is 1. The summed E-state index contributed by atoms with van der Waals surface area (Å²) in [7, 11) is 0. The Morgan fingerprint density at radius 3 is 3.06 bits per heavy atom. The Bertz CT molecular complexity index is 516. The number of aromatic amines is 1. The molecule has 0 unspecified atom stereocenters. The van der Waals surface area contributed by atoms with E-state index in [4.69, 9.17) is 12.2 Å². The molecule has 6 heteroatoms. The molecule has 0 amide bonds. The van der Waals surface area contributed by atoms with Gasteiger partial charge in [-0.1, -0.05) is 23.3 Å². The van der Waals surface area contributed by atoms with Gasteiger partial charge in [0.05, 0.1) is 5.69 Å². The second-order valence-electron chi connectivity index (χ2n) is 3.40. The Kier molecular flexibility index (Phi) is 3.31. The molecular weight excluding hydrogens is 222 g/mol. The van der Waals surface area contributed by atoms with Gasteiger partial charge in [0.2, 0.25) is 4.77 Å². The molecule has 0 bridgehead atoms. The van der Waals surface area contributed by atoms with Gasteiger partial charge < -0.3 is 5.32 Å². The molecule has 0 aliphatic rings. The highest BCUT2D eigenvalue weighted by Gasteiger charge is 2.00. The first-order chi connectivity index (χ1) is 7.81. The lowest BCUT2D eigenvalue weighted by Crippen LogP contribution is -2.02. The number of tetrazole rings is 1. The molecule has 0 fully saturated rings. The van der Waals surface area contributed by atoms with Gasteiger partial charge in [-0.2, -0.15) is 5.21 Å². The molecular formula is C10H13N5S. The van der Waals surface area contributed by atoms with Crippen LogP contribution in [0.25, 0.3) is 5.69 Å². The number of nitrogens with zero attached hydrogens (tertiary/aromatic N) is 3.